The number of carbonyl (C=O) groups is 1. The zero-order chi connectivity index (χ0) is 18.2. The van der Waals surface area contributed by atoms with E-state index in [-0.39, 0.29) is 30.7 Å². The summed E-state index contributed by atoms with van der Waals surface area (Å²) in [7, 11) is 0. The molecule has 1 fully saturated rings. The highest BCUT2D eigenvalue weighted by molar-refractivity contribution is 5.85. The average Bonchev–Trinajstić information content (AvgIpc) is 2.67. The second-order valence-electron chi connectivity index (χ2n) is 6.90. The first-order valence-electron chi connectivity index (χ1n) is 9.37. The molecule has 0 radical (unpaired) electrons. The number of nitrogens with one attached hydrogen (secondary N) is 1. The van der Waals surface area contributed by atoms with E-state index in [0.717, 1.165) is 51.5 Å². The van der Waals surface area contributed by atoms with E-state index in [1.165, 1.54) is 11.1 Å². The molecule has 0 unspecified atom stereocenters. The Morgan fingerprint density at radius 1 is 1.11 bits per heavy atom. The van der Waals surface area contributed by atoms with Crippen LogP contribution in [0, 0.1) is 6.92 Å². The van der Waals surface area contributed by atoms with Crippen molar-refractivity contribution < 1.29 is 4.79 Å². The normalized spacial score (nSPS) is 13.6. The second-order valence-corrected chi connectivity index (χ2v) is 6.90. The fourth-order valence-corrected chi connectivity index (χ4v) is 3.33. The number of hydrogen-bond acceptors (Lipinski definition) is 4. The van der Waals surface area contributed by atoms with Gasteiger partial charge in [0, 0.05) is 58.4 Å². The molecule has 1 amide bonds. The summed E-state index contributed by atoms with van der Waals surface area (Å²) in [5.74, 6) is 0.252. The van der Waals surface area contributed by atoms with Gasteiger partial charge >= 0.3 is 0 Å². The number of rotatable bonds is 7. The highest BCUT2D eigenvalue weighted by Gasteiger charge is 2.17. The monoisotopic (exact) mass is 424 g/mol. The van der Waals surface area contributed by atoms with Crippen molar-refractivity contribution >= 4 is 30.7 Å². The molecule has 3 rings (SSSR count). The van der Waals surface area contributed by atoms with Gasteiger partial charge in [-0.05, 0) is 24.6 Å². The SMILES string of the molecule is Cc1cccc(CN(CCC(=O)N2CCNCC2)Cc2ccccn2)c1.Cl.Cl. The Morgan fingerprint density at radius 2 is 1.89 bits per heavy atom. The molecular weight excluding hydrogens is 395 g/mol. The molecule has 1 aromatic heterocycles. The minimum Gasteiger partial charge on any atom is -0.340 e. The van der Waals surface area contributed by atoms with Gasteiger partial charge in [-0.2, -0.15) is 0 Å². The number of carbonyl (C=O) groups excluding carboxylic acids is 1. The Hall–Kier alpha value is -1.66. The maximum absolute atomic E-state index is 12.5. The molecule has 2 aromatic rings. The molecule has 0 spiro atoms. The van der Waals surface area contributed by atoms with Crippen molar-refractivity contribution in [1.82, 2.24) is 20.1 Å². The second kappa shape index (κ2) is 12.7. The first kappa shape index (κ1) is 24.4. The molecule has 1 aliphatic rings. The van der Waals surface area contributed by atoms with Crippen LogP contribution >= 0.6 is 24.8 Å². The van der Waals surface area contributed by atoms with Crippen LogP contribution in [0.1, 0.15) is 23.2 Å². The van der Waals surface area contributed by atoms with Gasteiger partial charge in [0.2, 0.25) is 5.91 Å². The third kappa shape index (κ3) is 7.76. The summed E-state index contributed by atoms with van der Waals surface area (Å²) in [6.45, 7) is 7.86. The Labute approximate surface area is 180 Å². The zero-order valence-electron chi connectivity index (χ0n) is 16.3. The lowest BCUT2D eigenvalue weighted by Gasteiger charge is -2.29. The summed E-state index contributed by atoms with van der Waals surface area (Å²) in [6.07, 6.45) is 2.38. The molecule has 1 aliphatic heterocycles. The highest BCUT2D eigenvalue weighted by atomic mass is 35.5. The van der Waals surface area contributed by atoms with Crippen LogP contribution in [0.15, 0.2) is 48.7 Å². The zero-order valence-corrected chi connectivity index (χ0v) is 18.0. The topological polar surface area (TPSA) is 48.5 Å². The number of hydrogen-bond donors (Lipinski definition) is 1. The Bertz CT molecular complexity index is 709. The summed E-state index contributed by atoms with van der Waals surface area (Å²) < 4.78 is 0. The van der Waals surface area contributed by atoms with Crippen LogP contribution in [0.2, 0.25) is 0 Å². The number of benzene rings is 1. The third-order valence-electron chi connectivity index (χ3n) is 4.71. The Kier molecular flexibility index (Phi) is 11.1. The van der Waals surface area contributed by atoms with E-state index in [2.05, 4.69) is 46.4 Å². The van der Waals surface area contributed by atoms with Crippen molar-refractivity contribution in [2.45, 2.75) is 26.4 Å². The van der Waals surface area contributed by atoms with Crippen molar-refractivity contribution in [3.05, 3.63) is 65.5 Å². The minimum atomic E-state index is 0. The van der Waals surface area contributed by atoms with Gasteiger partial charge in [0.05, 0.1) is 5.69 Å². The van der Waals surface area contributed by atoms with E-state index in [1.54, 1.807) is 0 Å². The smallest absolute Gasteiger partial charge is 0.223 e. The Balaban J connectivity index is 0.00000196. The van der Waals surface area contributed by atoms with Crippen LogP contribution in [0.4, 0.5) is 0 Å². The molecule has 0 saturated carbocycles. The number of amides is 1. The van der Waals surface area contributed by atoms with Gasteiger partial charge < -0.3 is 10.2 Å². The fourth-order valence-electron chi connectivity index (χ4n) is 3.33. The van der Waals surface area contributed by atoms with Crippen molar-refractivity contribution in [3.8, 4) is 0 Å². The molecule has 1 N–H and O–H groups in total. The largest absolute Gasteiger partial charge is 0.340 e. The van der Waals surface area contributed by atoms with Crippen LogP contribution in [0.5, 0.6) is 0 Å². The third-order valence-corrected chi connectivity index (χ3v) is 4.71. The van der Waals surface area contributed by atoms with Gasteiger partial charge in [-0.1, -0.05) is 35.9 Å². The molecular formula is C21H30Cl2N4O. The number of aromatic nitrogens is 1. The van der Waals surface area contributed by atoms with Crippen molar-refractivity contribution in [2.24, 2.45) is 0 Å². The van der Waals surface area contributed by atoms with E-state index >= 15 is 0 Å². The van der Waals surface area contributed by atoms with Crippen molar-refractivity contribution in [1.29, 1.82) is 0 Å². The number of piperazine rings is 1. The maximum Gasteiger partial charge on any atom is 0.223 e. The molecule has 0 bridgehead atoms. The standard InChI is InChI=1S/C21H28N4O.2ClH/c1-18-5-4-6-19(15-18)16-24(17-20-7-2-3-9-23-20)12-8-21(26)25-13-10-22-11-14-25;;/h2-7,9,15,22H,8,10-14,16-17H2,1H3;2*1H. The Morgan fingerprint density at radius 3 is 2.57 bits per heavy atom. The van der Waals surface area contributed by atoms with Crippen molar-refractivity contribution in [2.75, 3.05) is 32.7 Å². The molecule has 0 atom stereocenters. The molecule has 1 saturated heterocycles. The molecule has 28 heavy (non-hydrogen) atoms. The van der Waals surface area contributed by atoms with Gasteiger partial charge in [0.15, 0.2) is 0 Å². The molecule has 2 heterocycles. The first-order chi connectivity index (χ1) is 12.7. The summed E-state index contributed by atoms with van der Waals surface area (Å²) in [4.78, 5) is 21.3. The number of aryl methyl sites for hydroxylation is 1. The predicted molar refractivity (Wildman–Crippen MR) is 118 cm³/mol. The maximum atomic E-state index is 12.5. The molecule has 5 nitrogen and oxygen atoms in total. The molecule has 0 aliphatic carbocycles. The van der Waals surface area contributed by atoms with Gasteiger partial charge in [0.1, 0.15) is 0 Å². The summed E-state index contributed by atoms with van der Waals surface area (Å²) in [5.41, 5.74) is 3.57. The minimum absolute atomic E-state index is 0. The van der Waals surface area contributed by atoms with Crippen LogP contribution in [0.25, 0.3) is 0 Å². The highest BCUT2D eigenvalue weighted by Crippen LogP contribution is 2.12. The van der Waals surface area contributed by atoms with E-state index in [1.807, 2.05) is 29.3 Å². The lowest BCUT2D eigenvalue weighted by molar-refractivity contribution is -0.132. The predicted octanol–water partition coefficient (Wildman–Crippen LogP) is 3.06. The molecule has 154 valence electrons. The van der Waals surface area contributed by atoms with E-state index in [9.17, 15) is 4.79 Å². The van der Waals surface area contributed by atoms with E-state index in [4.69, 9.17) is 0 Å². The molecule has 1 aromatic carbocycles. The summed E-state index contributed by atoms with van der Waals surface area (Å²) in [6, 6.07) is 14.6. The van der Waals surface area contributed by atoms with Gasteiger partial charge in [-0.15, -0.1) is 24.8 Å². The number of halogens is 2. The van der Waals surface area contributed by atoms with Gasteiger partial charge in [-0.25, -0.2) is 0 Å². The van der Waals surface area contributed by atoms with Gasteiger partial charge in [-0.3, -0.25) is 14.7 Å². The van der Waals surface area contributed by atoms with Crippen LogP contribution in [0.3, 0.4) is 0 Å². The summed E-state index contributed by atoms with van der Waals surface area (Å²) >= 11 is 0. The van der Waals surface area contributed by atoms with Crippen LogP contribution < -0.4 is 5.32 Å². The van der Waals surface area contributed by atoms with E-state index < -0.39 is 0 Å². The number of pyridine rings is 1. The lowest BCUT2D eigenvalue weighted by Crippen LogP contribution is -2.47. The summed E-state index contributed by atoms with van der Waals surface area (Å²) in [5, 5.41) is 3.29. The fraction of sp³-hybridized carbons (Fsp3) is 0.429. The first-order valence-corrected chi connectivity index (χ1v) is 9.37. The number of nitrogens with zero attached hydrogens (tertiary/aromatic N) is 3. The van der Waals surface area contributed by atoms with Crippen LogP contribution in [-0.2, 0) is 17.9 Å². The van der Waals surface area contributed by atoms with Gasteiger partial charge in [0.25, 0.3) is 0 Å². The van der Waals surface area contributed by atoms with E-state index in [0.29, 0.717) is 6.42 Å². The average molecular weight is 425 g/mol. The lowest BCUT2D eigenvalue weighted by atomic mass is 10.1. The molecule has 7 heteroatoms. The quantitative estimate of drug-likeness (QED) is 0.741. The van der Waals surface area contributed by atoms with Crippen molar-refractivity contribution in [3.63, 3.8) is 0 Å². The van der Waals surface area contributed by atoms with Crippen LogP contribution in [-0.4, -0.2) is 53.4 Å².